The molecular weight excluding hydrogens is 260 g/mol. The fraction of sp³-hybridized carbons (Fsp3) is 0.900. The van der Waals surface area contributed by atoms with E-state index < -0.39 is 28.2 Å². The van der Waals surface area contributed by atoms with Crippen LogP contribution in [0.25, 0.3) is 0 Å². The molecule has 1 atom stereocenters. The first-order valence-corrected chi connectivity index (χ1v) is 7.46. The minimum Gasteiger partial charge on any atom is -0.481 e. The summed E-state index contributed by atoms with van der Waals surface area (Å²) in [6.07, 6.45) is 0.430. The number of piperidine rings is 1. The molecule has 18 heavy (non-hydrogen) atoms. The summed E-state index contributed by atoms with van der Waals surface area (Å²) < 4.78 is 27.2. The Morgan fingerprint density at radius 1 is 1.44 bits per heavy atom. The van der Waals surface area contributed by atoms with Gasteiger partial charge in [-0.3, -0.25) is 4.79 Å². The molecule has 0 bridgehead atoms. The third-order valence-electron chi connectivity index (χ3n) is 3.12. The topological polar surface area (TPSA) is 107 Å². The van der Waals surface area contributed by atoms with E-state index in [1.165, 1.54) is 4.31 Å². The molecule has 0 aliphatic carbocycles. The van der Waals surface area contributed by atoms with Gasteiger partial charge in [-0.15, -0.1) is 0 Å². The quantitative estimate of drug-likeness (QED) is 0.601. The minimum absolute atomic E-state index is 0.0162. The van der Waals surface area contributed by atoms with Gasteiger partial charge in [0.2, 0.25) is 0 Å². The van der Waals surface area contributed by atoms with Crippen LogP contribution in [0.1, 0.15) is 26.2 Å². The number of carboxylic acids is 1. The summed E-state index contributed by atoms with van der Waals surface area (Å²) in [7, 11) is -3.61. The summed E-state index contributed by atoms with van der Waals surface area (Å²) >= 11 is 0. The van der Waals surface area contributed by atoms with Crippen molar-refractivity contribution in [1.82, 2.24) is 9.03 Å². The van der Waals surface area contributed by atoms with E-state index >= 15 is 0 Å². The van der Waals surface area contributed by atoms with Crippen LogP contribution in [0.15, 0.2) is 0 Å². The molecule has 8 heteroatoms. The molecule has 0 aromatic heterocycles. The zero-order valence-electron chi connectivity index (χ0n) is 10.4. The maximum atomic E-state index is 11.8. The van der Waals surface area contributed by atoms with Crippen molar-refractivity contribution >= 4 is 16.2 Å². The van der Waals surface area contributed by atoms with Gasteiger partial charge in [0, 0.05) is 19.6 Å². The molecule has 0 saturated carbocycles. The summed E-state index contributed by atoms with van der Waals surface area (Å²) in [5, 5.41) is 18.1. The van der Waals surface area contributed by atoms with Gasteiger partial charge in [-0.25, -0.2) is 0 Å². The van der Waals surface area contributed by atoms with Gasteiger partial charge in [-0.05, 0) is 19.3 Å². The maximum absolute atomic E-state index is 11.8. The SMILES string of the molecule is CCC(O)CNS(=O)(=O)N1CCC(C(=O)O)CC1. The Balaban J connectivity index is 2.48. The highest BCUT2D eigenvalue weighted by atomic mass is 32.2. The molecule has 1 saturated heterocycles. The molecule has 0 spiro atoms. The Bertz CT molecular complexity index is 376. The average molecular weight is 280 g/mol. The molecular formula is C10H20N2O5S. The summed E-state index contributed by atoms with van der Waals surface area (Å²) in [6, 6.07) is 0. The molecule has 0 aromatic carbocycles. The van der Waals surface area contributed by atoms with Gasteiger partial charge in [0.15, 0.2) is 0 Å². The molecule has 0 radical (unpaired) electrons. The van der Waals surface area contributed by atoms with Crippen molar-refractivity contribution in [1.29, 1.82) is 0 Å². The van der Waals surface area contributed by atoms with Gasteiger partial charge in [0.05, 0.1) is 12.0 Å². The first kappa shape index (κ1) is 15.4. The number of rotatable bonds is 6. The van der Waals surface area contributed by atoms with Gasteiger partial charge in [-0.1, -0.05) is 6.92 Å². The van der Waals surface area contributed by atoms with Crippen molar-refractivity contribution in [3.8, 4) is 0 Å². The zero-order valence-corrected chi connectivity index (χ0v) is 11.2. The largest absolute Gasteiger partial charge is 0.481 e. The summed E-state index contributed by atoms with van der Waals surface area (Å²) in [5.41, 5.74) is 0. The highest BCUT2D eigenvalue weighted by Crippen LogP contribution is 2.19. The van der Waals surface area contributed by atoms with E-state index in [0.29, 0.717) is 19.3 Å². The van der Waals surface area contributed by atoms with Crippen LogP contribution in [0.5, 0.6) is 0 Å². The fourth-order valence-electron chi connectivity index (χ4n) is 1.78. The highest BCUT2D eigenvalue weighted by Gasteiger charge is 2.30. The highest BCUT2D eigenvalue weighted by molar-refractivity contribution is 7.87. The number of hydrogen-bond acceptors (Lipinski definition) is 4. The van der Waals surface area contributed by atoms with Crippen molar-refractivity contribution in [2.45, 2.75) is 32.3 Å². The molecule has 0 aromatic rings. The second-order valence-corrected chi connectivity index (χ2v) is 6.18. The van der Waals surface area contributed by atoms with Crippen LogP contribution in [0, 0.1) is 5.92 Å². The number of nitrogens with one attached hydrogen (secondary N) is 1. The predicted molar refractivity (Wildman–Crippen MR) is 65.2 cm³/mol. The fourth-order valence-corrected chi connectivity index (χ4v) is 3.06. The van der Waals surface area contributed by atoms with E-state index in [0.717, 1.165) is 0 Å². The van der Waals surface area contributed by atoms with Gasteiger partial charge < -0.3 is 10.2 Å². The van der Waals surface area contributed by atoms with Crippen molar-refractivity contribution in [3.05, 3.63) is 0 Å². The van der Waals surface area contributed by atoms with E-state index in [1.54, 1.807) is 6.92 Å². The Morgan fingerprint density at radius 2 is 2.00 bits per heavy atom. The smallest absolute Gasteiger partial charge is 0.306 e. The van der Waals surface area contributed by atoms with Crippen molar-refractivity contribution < 1.29 is 23.4 Å². The second kappa shape index (κ2) is 6.46. The van der Waals surface area contributed by atoms with Crippen LogP contribution in [0.4, 0.5) is 0 Å². The summed E-state index contributed by atoms with van der Waals surface area (Å²) in [4.78, 5) is 10.7. The minimum atomic E-state index is -3.61. The van der Waals surface area contributed by atoms with Crippen LogP contribution >= 0.6 is 0 Å². The molecule has 3 N–H and O–H groups in total. The van der Waals surface area contributed by atoms with Gasteiger partial charge in [0.25, 0.3) is 10.2 Å². The van der Waals surface area contributed by atoms with Crippen LogP contribution in [-0.2, 0) is 15.0 Å². The monoisotopic (exact) mass is 280 g/mol. The number of aliphatic hydroxyl groups is 1. The van der Waals surface area contributed by atoms with Crippen LogP contribution < -0.4 is 4.72 Å². The lowest BCUT2D eigenvalue weighted by molar-refractivity contribution is -0.142. The lowest BCUT2D eigenvalue weighted by Gasteiger charge is -2.29. The standard InChI is InChI=1S/C10H20N2O5S/c1-2-9(13)7-11-18(16,17)12-5-3-8(4-6-12)10(14)15/h8-9,11,13H,2-7H2,1H3,(H,14,15). The molecule has 1 rings (SSSR count). The number of carbonyl (C=O) groups is 1. The Kier molecular flexibility index (Phi) is 5.51. The van der Waals surface area contributed by atoms with Crippen LogP contribution in [0.3, 0.4) is 0 Å². The predicted octanol–water partition coefficient (Wildman–Crippen LogP) is -0.612. The second-order valence-electron chi connectivity index (χ2n) is 4.43. The Hall–Kier alpha value is -0.700. The number of aliphatic carboxylic acids is 1. The molecule has 1 unspecified atom stereocenters. The van der Waals surface area contributed by atoms with E-state index in [9.17, 15) is 18.3 Å². The normalized spacial score (nSPS) is 20.8. The van der Waals surface area contributed by atoms with Gasteiger partial charge in [-0.2, -0.15) is 17.4 Å². The zero-order chi connectivity index (χ0) is 13.8. The van der Waals surface area contributed by atoms with E-state index in [1.807, 2.05) is 0 Å². The summed E-state index contributed by atoms with van der Waals surface area (Å²) in [5.74, 6) is -1.33. The van der Waals surface area contributed by atoms with Crippen molar-refractivity contribution in [2.24, 2.45) is 5.92 Å². The van der Waals surface area contributed by atoms with Crippen molar-refractivity contribution in [3.63, 3.8) is 0 Å². The van der Waals surface area contributed by atoms with E-state index in [4.69, 9.17) is 5.11 Å². The Morgan fingerprint density at radius 3 is 2.44 bits per heavy atom. The van der Waals surface area contributed by atoms with Crippen LogP contribution in [0.2, 0.25) is 0 Å². The first-order valence-electron chi connectivity index (χ1n) is 6.02. The molecule has 1 aliphatic rings. The van der Waals surface area contributed by atoms with E-state index in [2.05, 4.69) is 4.72 Å². The number of nitrogens with zero attached hydrogens (tertiary/aromatic N) is 1. The van der Waals surface area contributed by atoms with Gasteiger partial charge in [0.1, 0.15) is 0 Å². The van der Waals surface area contributed by atoms with E-state index in [-0.39, 0.29) is 19.6 Å². The molecule has 106 valence electrons. The molecule has 0 amide bonds. The number of hydrogen-bond donors (Lipinski definition) is 3. The van der Waals surface area contributed by atoms with Crippen molar-refractivity contribution in [2.75, 3.05) is 19.6 Å². The summed E-state index contributed by atoms with van der Waals surface area (Å²) in [6.45, 7) is 2.15. The average Bonchev–Trinajstić information content (AvgIpc) is 2.36. The molecule has 1 heterocycles. The molecule has 7 nitrogen and oxygen atoms in total. The van der Waals surface area contributed by atoms with Crippen LogP contribution in [-0.4, -0.2) is 54.6 Å². The number of aliphatic hydroxyl groups excluding tert-OH is 1. The first-order chi connectivity index (χ1) is 8.36. The lowest BCUT2D eigenvalue weighted by atomic mass is 9.99. The third-order valence-corrected chi connectivity index (χ3v) is 4.69. The maximum Gasteiger partial charge on any atom is 0.306 e. The Labute approximate surface area is 107 Å². The third kappa shape index (κ3) is 4.20. The van der Waals surface area contributed by atoms with Gasteiger partial charge >= 0.3 is 5.97 Å². The lowest BCUT2D eigenvalue weighted by Crippen LogP contribution is -2.47. The number of carboxylic acid groups (broad SMARTS) is 1. The molecule has 1 fully saturated rings. The molecule has 1 aliphatic heterocycles.